The molecule has 1 heterocycles. The maximum atomic E-state index is 10.2. The molecule has 5 nitrogen and oxygen atoms in total. The van der Waals surface area contributed by atoms with E-state index in [1.807, 2.05) is 0 Å². The van der Waals surface area contributed by atoms with E-state index in [9.17, 15) is 9.59 Å². The van der Waals surface area contributed by atoms with Crippen molar-refractivity contribution in [2.45, 2.75) is 0 Å². The van der Waals surface area contributed by atoms with Crippen LogP contribution in [0.4, 0.5) is 0 Å². The summed E-state index contributed by atoms with van der Waals surface area (Å²) in [6.07, 6.45) is 0. The van der Waals surface area contributed by atoms with Gasteiger partial charge >= 0.3 is 11.9 Å². The van der Waals surface area contributed by atoms with E-state index in [0.29, 0.717) is 0 Å². The van der Waals surface area contributed by atoms with E-state index in [1.165, 1.54) is 0 Å². The van der Waals surface area contributed by atoms with Crippen LogP contribution < -0.4 is 0 Å². The van der Waals surface area contributed by atoms with Gasteiger partial charge in [0.1, 0.15) is 0 Å². The molecule has 1 radical (unpaired) electrons. The molecule has 69 valence electrons. The summed E-state index contributed by atoms with van der Waals surface area (Å²) in [5.41, 5.74) is 0. The first-order chi connectivity index (χ1) is 5.11. The Morgan fingerprint density at radius 3 is 1.58 bits per heavy atom. The molecule has 0 atom stereocenters. The van der Waals surface area contributed by atoms with Crippen LogP contribution in [0, 0.1) is 0 Å². The average Bonchev–Trinajstić information content (AvgIpc) is 2.33. The fourth-order valence-corrected chi connectivity index (χ4v) is 0.568. The monoisotopic (exact) mass is 219 g/mol. The second kappa shape index (κ2) is 3.94. The second-order valence-corrected chi connectivity index (χ2v) is 1.77. The van der Waals surface area contributed by atoms with Gasteiger partial charge in [0, 0.05) is 17.1 Å². The predicted molar refractivity (Wildman–Crippen MR) is 32.6 cm³/mol. The molecule has 0 aliphatic rings. The van der Waals surface area contributed by atoms with Gasteiger partial charge in [-0.2, -0.15) is 0 Å². The minimum absolute atomic E-state index is 0. The Morgan fingerprint density at radius 1 is 1.08 bits per heavy atom. The first kappa shape index (κ1) is 10.7. The van der Waals surface area contributed by atoms with Crippen LogP contribution >= 0.6 is 0 Å². The van der Waals surface area contributed by atoms with Gasteiger partial charge in [-0.25, -0.2) is 9.59 Å². The molecule has 1 rings (SSSR count). The number of hydrogen-bond acceptors (Lipinski definition) is 3. The van der Waals surface area contributed by atoms with E-state index in [4.69, 9.17) is 10.2 Å². The normalized spacial score (nSPS) is 8.67. The number of furan rings is 1. The Hall–Kier alpha value is -1.26. The Bertz CT molecular complexity index is 274. The maximum Gasteiger partial charge on any atom is 0.371 e. The number of carboxylic acids is 2. The van der Waals surface area contributed by atoms with Crippen LogP contribution in [0.3, 0.4) is 0 Å². The third-order valence-electron chi connectivity index (χ3n) is 1.03. The third-order valence-corrected chi connectivity index (χ3v) is 1.03. The van der Waals surface area contributed by atoms with Crippen LogP contribution in [0.5, 0.6) is 0 Å². The molecule has 0 amide bonds. The van der Waals surface area contributed by atoms with E-state index < -0.39 is 11.9 Å². The molecule has 0 bridgehead atoms. The zero-order valence-corrected chi connectivity index (χ0v) is 6.52. The molecule has 0 aromatic carbocycles. The number of carbonyl (C=O) groups is 2. The van der Waals surface area contributed by atoms with Crippen LogP contribution in [0.25, 0.3) is 0 Å². The molecule has 0 fully saturated rings. The van der Waals surface area contributed by atoms with Crippen molar-refractivity contribution in [1.29, 1.82) is 0 Å². The summed E-state index contributed by atoms with van der Waals surface area (Å²) in [5, 5.41) is 16.6. The van der Waals surface area contributed by atoms with Crippen molar-refractivity contribution in [2.24, 2.45) is 0 Å². The van der Waals surface area contributed by atoms with E-state index in [-0.39, 0.29) is 28.6 Å². The number of aromatic carboxylic acids is 2. The molecule has 0 spiro atoms. The van der Waals surface area contributed by atoms with Gasteiger partial charge in [-0.15, -0.1) is 0 Å². The minimum Gasteiger partial charge on any atom is -0.475 e. The van der Waals surface area contributed by atoms with Crippen molar-refractivity contribution >= 4 is 11.9 Å². The third kappa shape index (κ3) is 2.11. The molecule has 0 saturated heterocycles. The van der Waals surface area contributed by atoms with Gasteiger partial charge in [-0.1, -0.05) is 0 Å². The summed E-state index contributed by atoms with van der Waals surface area (Å²) < 4.78 is 4.41. The zero-order chi connectivity index (χ0) is 8.43. The summed E-state index contributed by atoms with van der Waals surface area (Å²) in [7, 11) is 0. The van der Waals surface area contributed by atoms with Crippen LogP contribution in [0.1, 0.15) is 21.1 Å². The molecule has 0 aliphatic carbocycles. The van der Waals surface area contributed by atoms with Crippen LogP contribution in [-0.2, 0) is 17.1 Å². The van der Waals surface area contributed by atoms with Gasteiger partial charge in [0.15, 0.2) is 0 Å². The van der Waals surface area contributed by atoms with Crippen LogP contribution in [0.2, 0.25) is 0 Å². The summed E-state index contributed by atoms with van der Waals surface area (Å²) in [6, 6.07) is 2.18. The van der Waals surface area contributed by atoms with E-state index in [0.717, 1.165) is 12.1 Å². The molecular formula is C6H4CuO5. The minimum atomic E-state index is -1.28. The van der Waals surface area contributed by atoms with E-state index in [2.05, 4.69) is 4.42 Å². The summed E-state index contributed by atoms with van der Waals surface area (Å²) >= 11 is 0. The Morgan fingerprint density at radius 2 is 1.42 bits per heavy atom. The predicted octanol–water partition coefficient (Wildman–Crippen LogP) is 0.673. The Labute approximate surface area is 77.5 Å². The van der Waals surface area contributed by atoms with Crippen molar-refractivity contribution in [3.63, 3.8) is 0 Å². The summed E-state index contributed by atoms with van der Waals surface area (Å²) in [4.78, 5) is 20.3. The number of hydrogen-bond donors (Lipinski definition) is 2. The smallest absolute Gasteiger partial charge is 0.371 e. The largest absolute Gasteiger partial charge is 0.475 e. The standard InChI is InChI=1S/C6H4O5.Cu/c7-5(8)3-1-2-4(11-3)6(9)10;/h1-2H,(H,7,8)(H,9,10);. The van der Waals surface area contributed by atoms with E-state index in [1.54, 1.807) is 0 Å². The molecule has 0 unspecified atom stereocenters. The van der Waals surface area contributed by atoms with Crippen molar-refractivity contribution in [3.8, 4) is 0 Å². The summed E-state index contributed by atoms with van der Waals surface area (Å²) in [5.74, 6) is -3.31. The van der Waals surface area contributed by atoms with Crippen molar-refractivity contribution < 1.29 is 41.3 Å². The van der Waals surface area contributed by atoms with E-state index >= 15 is 0 Å². The van der Waals surface area contributed by atoms with Gasteiger partial charge < -0.3 is 14.6 Å². The second-order valence-electron chi connectivity index (χ2n) is 1.77. The van der Waals surface area contributed by atoms with Crippen molar-refractivity contribution in [3.05, 3.63) is 23.7 Å². The average molecular weight is 220 g/mol. The topological polar surface area (TPSA) is 87.7 Å². The van der Waals surface area contributed by atoms with Crippen LogP contribution in [-0.4, -0.2) is 22.2 Å². The summed E-state index contributed by atoms with van der Waals surface area (Å²) in [6.45, 7) is 0. The van der Waals surface area contributed by atoms with Gasteiger partial charge in [-0.05, 0) is 12.1 Å². The van der Waals surface area contributed by atoms with Crippen LogP contribution in [0.15, 0.2) is 16.5 Å². The van der Waals surface area contributed by atoms with Gasteiger partial charge in [0.05, 0.1) is 0 Å². The van der Waals surface area contributed by atoms with Gasteiger partial charge in [0.25, 0.3) is 0 Å². The van der Waals surface area contributed by atoms with Gasteiger partial charge in [0.2, 0.25) is 11.5 Å². The Balaban J connectivity index is 0.00000121. The number of carboxylic acid groups (broad SMARTS) is 2. The molecule has 1 aromatic heterocycles. The van der Waals surface area contributed by atoms with Gasteiger partial charge in [-0.3, -0.25) is 0 Å². The molecule has 12 heavy (non-hydrogen) atoms. The Kier molecular flexibility index (Phi) is 3.53. The zero-order valence-electron chi connectivity index (χ0n) is 5.58. The molecule has 6 heteroatoms. The maximum absolute atomic E-state index is 10.2. The van der Waals surface area contributed by atoms with Crippen molar-refractivity contribution in [1.82, 2.24) is 0 Å². The fraction of sp³-hybridized carbons (Fsp3) is 0. The number of rotatable bonds is 2. The molecule has 0 saturated carbocycles. The first-order valence-electron chi connectivity index (χ1n) is 2.67. The first-order valence-corrected chi connectivity index (χ1v) is 2.67. The molecular weight excluding hydrogens is 216 g/mol. The molecule has 2 N–H and O–H groups in total. The SMILES string of the molecule is O=C(O)c1ccc(C(=O)O)o1.[Cu]. The van der Waals surface area contributed by atoms with Crippen molar-refractivity contribution in [2.75, 3.05) is 0 Å². The quantitative estimate of drug-likeness (QED) is 0.714. The molecule has 1 aromatic rings. The fourth-order valence-electron chi connectivity index (χ4n) is 0.568. The molecule has 0 aliphatic heterocycles.